The molecule has 2 aromatic carbocycles. The van der Waals surface area contributed by atoms with Gasteiger partial charge in [0.1, 0.15) is 65.0 Å². The third kappa shape index (κ3) is 5.41. The summed E-state index contributed by atoms with van der Waals surface area (Å²) in [5.74, 6) is -0.497. The Kier molecular flexibility index (Phi) is 8.85. The predicted octanol–water partition coefficient (Wildman–Crippen LogP) is -1.68. The zero-order chi connectivity index (χ0) is 31.2. The van der Waals surface area contributed by atoms with Crippen LogP contribution in [0.4, 0.5) is 0 Å². The van der Waals surface area contributed by atoms with Crippen LogP contribution < -0.4 is 24.4 Å². The number of aliphatic hydroxyl groups excluding tert-OH is 6. The zero-order valence-electron chi connectivity index (χ0n) is 23.1. The number of aliphatic hydroxyl groups is 6. The third-order valence-electron chi connectivity index (χ3n) is 7.36. The number of phenols is 1. The van der Waals surface area contributed by atoms with Crippen molar-refractivity contribution in [3.05, 3.63) is 28.4 Å². The molecule has 0 aliphatic carbocycles. The summed E-state index contributed by atoms with van der Waals surface area (Å²) in [5.41, 5.74) is -1.02. The maximum atomic E-state index is 13.8. The van der Waals surface area contributed by atoms with Crippen LogP contribution in [0.25, 0.3) is 21.9 Å². The monoisotopic (exact) mass is 612 g/mol. The SMILES string of the molecule is COc1cc(OC2OC(COC3OCC(O)C(O)C3O)C(O)C(O)C2O)c2c(=O)c3c(O)ccc(OC)c3oc2c1OC. The Morgan fingerprint density at radius 3 is 2.16 bits per heavy atom. The molecule has 3 aromatic rings. The molecule has 5 rings (SSSR count). The number of hydrogen-bond acceptors (Lipinski definition) is 16. The standard InChI is InChI=1S/C27H32O16/c1-36-11-5-4-9(28)15-19(32)16-12(6-13(37-2)24(38-3)25(16)43-23(11)15)41-27-22(35)20(33)18(31)14(42-27)8-40-26-21(34)17(30)10(29)7-39-26/h4-6,10,14,17-18,20-22,26-31,33-35H,7-8H2,1-3H3. The lowest BCUT2D eigenvalue weighted by atomic mass is 9.99. The van der Waals surface area contributed by atoms with E-state index in [1.165, 1.54) is 39.5 Å². The molecular formula is C27H32O16. The van der Waals surface area contributed by atoms with Crippen LogP contribution in [0.5, 0.6) is 28.7 Å². The maximum Gasteiger partial charge on any atom is 0.229 e. The molecule has 0 radical (unpaired) electrons. The van der Waals surface area contributed by atoms with Gasteiger partial charge in [0.15, 0.2) is 29.0 Å². The van der Waals surface area contributed by atoms with E-state index in [1.807, 2.05) is 0 Å². The predicted molar refractivity (Wildman–Crippen MR) is 142 cm³/mol. The topological polar surface area (TPSA) is 236 Å². The highest BCUT2D eigenvalue weighted by molar-refractivity contribution is 6.01. The Morgan fingerprint density at radius 1 is 0.791 bits per heavy atom. The minimum atomic E-state index is -1.84. The summed E-state index contributed by atoms with van der Waals surface area (Å²) in [5, 5.41) is 71.5. The molecular weight excluding hydrogens is 580 g/mol. The molecule has 7 N–H and O–H groups in total. The Balaban J connectivity index is 1.52. The highest BCUT2D eigenvalue weighted by Gasteiger charge is 2.47. The number of fused-ring (bicyclic) bond motifs is 2. The van der Waals surface area contributed by atoms with Gasteiger partial charge in [0.25, 0.3) is 0 Å². The van der Waals surface area contributed by atoms with E-state index in [0.29, 0.717) is 0 Å². The summed E-state index contributed by atoms with van der Waals surface area (Å²) in [4.78, 5) is 13.8. The molecule has 0 bridgehead atoms. The number of hydrogen-bond donors (Lipinski definition) is 7. The lowest BCUT2D eigenvalue weighted by Gasteiger charge is -2.41. The number of aromatic hydroxyl groups is 1. The zero-order valence-corrected chi connectivity index (χ0v) is 23.1. The van der Waals surface area contributed by atoms with Crippen molar-refractivity contribution < 1.29 is 73.3 Å². The summed E-state index contributed by atoms with van der Waals surface area (Å²) < 4.78 is 44.3. The van der Waals surface area contributed by atoms with Crippen LogP contribution in [0.15, 0.2) is 27.4 Å². The average molecular weight is 613 g/mol. The fourth-order valence-corrected chi connectivity index (χ4v) is 5.00. The van der Waals surface area contributed by atoms with Crippen molar-refractivity contribution in [1.82, 2.24) is 0 Å². The van der Waals surface area contributed by atoms with Gasteiger partial charge in [-0.15, -0.1) is 0 Å². The van der Waals surface area contributed by atoms with Crippen molar-refractivity contribution in [2.24, 2.45) is 0 Å². The van der Waals surface area contributed by atoms with Crippen molar-refractivity contribution in [3.63, 3.8) is 0 Å². The average Bonchev–Trinajstić information content (AvgIpc) is 3.00. The summed E-state index contributed by atoms with van der Waals surface area (Å²) in [6, 6.07) is 3.89. The normalized spacial score (nSPS) is 31.2. The number of methoxy groups -OCH3 is 3. The van der Waals surface area contributed by atoms with Gasteiger partial charge in [0, 0.05) is 6.07 Å². The van der Waals surface area contributed by atoms with Crippen molar-refractivity contribution in [1.29, 1.82) is 0 Å². The molecule has 9 unspecified atom stereocenters. The number of phenolic OH excluding ortho intramolecular Hbond substituents is 1. The minimum absolute atomic E-state index is 0.000522. The van der Waals surface area contributed by atoms with E-state index in [-0.39, 0.29) is 51.5 Å². The van der Waals surface area contributed by atoms with E-state index >= 15 is 0 Å². The molecule has 0 spiro atoms. The largest absolute Gasteiger partial charge is 0.507 e. The highest BCUT2D eigenvalue weighted by atomic mass is 16.7. The van der Waals surface area contributed by atoms with Gasteiger partial charge in [-0.2, -0.15) is 0 Å². The molecule has 0 amide bonds. The van der Waals surface area contributed by atoms with Crippen LogP contribution >= 0.6 is 0 Å². The van der Waals surface area contributed by atoms with Crippen LogP contribution in [-0.4, -0.2) is 126 Å². The maximum absolute atomic E-state index is 13.8. The van der Waals surface area contributed by atoms with Gasteiger partial charge < -0.3 is 73.3 Å². The van der Waals surface area contributed by atoms with Gasteiger partial charge in [0.2, 0.25) is 17.5 Å². The minimum Gasteiger partial charge on any atom is -0.507 e. The van der Waals surface area contributed by atoms with Gasteiger partial charge in [0.05, 0.1) is 34.5 Å². The van der Waals surface area contributed by atoms with Gasteiger partial charge in [-0.1, -0.05) is 0 Å². The Hall–Kier alpha value is -3.45. The fourth-order valence-electron chi connectivity index (χ4n) is 5.00. The van der Waals surface area contributed by atoms with Gasteiger partial charge in [-0.3, -0.25) is 4.79 Å². The van der Waals surface area contributed by atoms with Crippen molar-refractivity contribution in [2.45, 2.75) is 55.3 Å². The second-order valence-electron chi connectivity index (χ2n) is 9.95. The summed E-state index contributed by atoms with van der Waals surface area (Å²) in [6.45, 7) is -0.864. The van der Waals surface area contributed by atoms with Crippen molar-refractivity contribution >= 4 is 21.9 Å². The van der Waals surface area contributed by atoms with E-state index in [2.05, 4.69) is 0 Å². The molecule has 3 heterocycles. The second-order valence-corrected chi connectivity index (χ2v) is 9.95. The van der Waals surface area contributed by atoms with E-state index in [1.54, 1.807) is 0 Å². The Morgan fingerprint density at radius 2 is 1.49 bits per heavy atom. The second kappa shape index (κ2) is 12.3. The molecule has 2 aliphatic heterocycles. The molecule has 2 saturated heterocycles. The van der Waals surface area contributed by atoms with Gasteiger partial charge in [-0.25, -0.2) is 0 Å². The molecule has 236 valence electrons. The van der Waals surface area contributed by atoms with Crippen LogP contribution in [-0.2, 0) is 14.2 Å². The first-order valence-corrected chi connectivity index (χ1v) is 13.1. The van der Waals surface area contributed by atoms with Gasteiger partial charge >= 0.3 is 0 Å². The summed E-state index contributed by atoms with van der Waals surface area (Å²) in [7, 11) is 3.97. The molecule has 2 fully saturated rings. The highest BCUT2D eigenvalue weighted by Crippen LogP contribution is 2.44. The van der Waals surface area contributed by atoms with Crippen LogP contribution in [0, 0.1) is 0 Å². The number of ether oxygens (including phenoxy) is 7. The Bertz CT molecular complexity index is 1520. The first-order chi connectivity index (χ1) is 20.5. The molecule has 1 aromatic heterocycles. The molecule has 0 saturated carbocycles. The smallest absolute Gasteiger partial charge is 0.229 e. The molecule has 9 atom stereocenters. The number of rotatable bonds is 8. The third-order valence-corrected chi connectivity index (χ3v) is 7.36. The van der Waals surface area contributed by atoms with E-state index in [9.17, 15) is 40.5 Å². The van der Waals surface area contributed by atoms with Gasteiger partial charge in [-0.05, 0) is 12.1 Å². The lowest BCUT2D eigenvalue weighted by molar-refractivity contribution is -0.307. The molecule has 16 heteroatoms. The molecule has 43 heavy (non-hydrogen) atoms. The molecule has 16 nitrogen and oxygen atoms in total. The van der Waals surface area contributed by atoms with Crippen LogP contribution in [0.2, 0.25) is 0 Å². The Labute approximate surface area is 242 Å². The molecule has 2 aliphatic rings. The van der Waals surface area contributed by atoms with E-state index < -0.39 is 73.1 Å². The summed E-state index contributed by atoms with van der Waals surface area (Å²) in [6.07, 6.45) is -14.4. The van der Waals surface area contributed by atoms with Crippen molar-refractivity contribution in [3.8, 4) is 28.7 Å². The fraction of sp³-hybridized carbons (Fsp3) is 0.519. The number of benzene rings is 2. The quantitative estimate of drug-likeness (QED) is 0.141. The lowest BCUT2D eigenvalue weighted by Crippen LogP contribution is -2.61. The first-order valence-electron chi connectivity index (χ1n) is 13.1. The van der Waals surface area contributed by atoms with Crippen molar-refractivity contribution in [2.75, 3.05) is 34.5 Å². The van der Waals surface area contributed by atoms with E-state index in [0.717, 1.165) is 0 Å². The first kappa shape index (κ1) is 31.0. The van der Waals surface area contributed by atoms with Crippen LogP contribution in [0.1, 0.15) is 0 Å². The van der Waals surface area contributed by atoms with Crippen LogP contribution in [0.3, 0.4) is 0 Å². The van der Waals surface area contributed by atoms with E-state index in [4.69, 9.17) is 37.6 Å². The summed E-state index contributed by atoms with van der Waals surface area (Å²) >= 11 is 0.